The van der Waals surface area contributed by atoms with Crippen molar-refractivity contribution < 1.29 is 22.7 Å². The van der Waals surface area contributed by atoms with Crippen LogP contribution in [0, 0.1) is 5.41 Å². The second-order valence-corrected chi connectivity index (χ2v) is 10.1. The number of sulfonamides is 1. The second-order valence-electron chi connectivity index (χ2n) is 8.13. The van der Waals surface area contributed by atoms with E-state index in [4.69, 9.17) is 4.74 Å². The average molecular weight is 416 g/mol. The molecule has 1 aliphatic heterocycles. The zero-order valence-electron chi connectivity index (χ0n) is 16.8. The molecular formula is C22H25NO5S. The molecule has 2 aromatic carbocycles. The zero-order valence-corrected chi connectivity index (χ0v) is 17.7. The van der Waals surface area contributed by atoms with Gasteiger partial charge in [-0.1, -0.05) is 45.0 Å². The second kappa shape index (κ2) is 8.08. The van der Waals surface area contributed by atoms with E-state index in [1.165, 1.54) is 34.1 Å². The maximum absolute atomic E-state index is 13.0. The summed E-state index contributed by atoms with van der Waals surface area (Å²) in [5, 5.41) is 0. The van der Waals surface area contributed by atoms with Crippen molar-refractivity contribution in [2.24, 2.45) is 5.41 Å². The van der Waals surface area contributed by atoms with E-state index >= 15 is 0 Å². The van der Waals surface area contributed by atoms with Crippen LogP contribution >= 0.6 is 0 Å². The monoisotopic (exact) mass is 415 g/mol. The van der Waals surface area contributed by atoms with Gasteiger partial charge in [-0.15, -0.1) is 0 Å². The van der Waals surface area contributed by atoms with Crippen LogP contribution in [-0.4, -0.2) is 37.6 Å². The molecule has 0 spiro atoms. The van der Waals surface area contributed by atoms with Crippen molar-refractivity contribution in [2.75, 3.05) is 13.2 Å². The fourth-order valence-corrected chi connectivity index (χ4v) is 4.44. The Morgan fingerprint density at radius 3 is 2.24 bits per heavy atom. The molecule has 29 heavy (non-hydrogen) atoms. The van der Waals surface area contributed by atoms with Gasteiger partial charge in [0.15, 0.2) is 12.4 Å². The lowest BCUT2D eigenvalue weighted by Gasteiger charge is -2.28. The Morgan fingerprint density at radius 1 is 1.00 bits per heavy atom. The molecule has 0 radical (unpaired) electrons. The fourth-order valence-electron chi connectivity index (χ4n) is 3.02. The highest BCUT2D eigenvalue weighted by Crippen LogP contribution is 2.25. The van der Waals surface area contributed by atoms with E-state index in [1.54, 1.807) is 20.8 Å². The third kappa shape index (κ3) is 4.74. The number of hydrogen-bond acceptors (Lipinski definition) is 5. The number of carbonyl (C=O) groups is 2. The molecule has 0 atom stereocenters. The zero-order chi connectivity index (χ0) is 21.2. The largest absolute Gasteiger partial charge is 0.454 e. The van der Waals surface area contributed by atoms with Crippen molar-refractivity contribution in [3.63, 3.8) is 0 Å². The van der Waals surface area contributed by atoms with Gasteiger partial charge in [0.1, 0.15) is 0 Å². The minimum absolute atomic E-state index is 0.124. The number of fused-ring (bicyclic) bond motifs is 1. The van der Waals surface area contributed by atoms with Crippen molar-refractivity contribution >= 4 is 21.8 Å². The summed E-state index contributed by atoms with van der Waals surface area (Å²) in [5.74, 6) is -0.839. The van der Waals surface area contributed by atoms with Crippen molar-refractivity contribution in [2.45, 2.75) is 38.6 Å². The normalized spacial score (nSPS) is 14.9. The van der Waals surface area contributed by atoms with Gasteiger partial charge in [-0.25, -0.2) is 13.2 Å². The molecular weight excluding hydrogens is 390 g/mol. The van der Waals surface area contributed by atoms with Crippen LogP contribution < -0.4 is 0 Å². The summed E-state index contributed by atoms with van der Waals surface area (Å²) in [5.41, 5.74) is 1.79. The average Bonchev–Trinajstić information content (AvgIpc) is 2.70. The summed E-state index contributed by atoms with van der Waals surface area (Å²) in [4.78, 5) is 24.2. The molecule has 0 saturated heterocycles. The minimum Gasteiger partial charge on any atom is -0.454 e. The number of ketones is 1. The SMILES string of the molecule is CC(C)(C)C(=O)COC(=O)c1ccc(S(=O)(=O)N2CCc3ccccc3C2)cc1. The molecule has 2 aromatic rings. The standard InChI is InChI=1S/C22H25NO5S/c1-22(2,3)20(24)15-28-21(25)17-8-10-19(11-9-17)29(26,27)23-13-12-16-6-4-5-7-18(16)14-23/h4-11H,12-15H2,1-3H3. The molecule has 0 saturated carbocycles. The Morgan fingerprint density at radius 2 is 1.62 bits per heavy atom. The van der Waals surface area contributed by atoms with Crippen LogP contribution in [0.3, 0.4) is 0 Å². The predicted molar refractivity (Wildman–Crippen MR) is 109 cm³/mol. The van der Waals surface area contributed by atoms with Gasteiger partial charge in [-0.3, -0.25) is 4.79 Å². The smallest absolute Gasteiger partial charge is 0.338 e. The quantitative estimate of drug-likeness (QED) is 0.701. The first kappa shape index (κ1) is 21.2. The molecule has 0 unspecified atom stereocenters. The van der Waals surface area contributed by atoms with Crippen molar-refractivity contribution in [1.82, 2.24) is 4.31 Å². The van der Waals surface area contributed by atoms with Gasteiger partial charge < -0.3 is 4.74 Å². The summed E-state index contributed by atoms with van der Waals surface area (Å²) in [6.07, 6.45) is 0.668. The maximum atomic E-state index is 13.0. The van der Waals surface area contributed by atoms with Crippen LogP contribution in [0.5, 0.6) is 0 Å². The Hall–Kier alpha value is -2.51. The van der Waals surface area contributed by atoms with Gasteiger partial charge >= 0.3 is 5.97 Å². The Bertz CT molecular complexity index is 1020. The van der Waals surface area contributed by atoms with Crippen LogP contribution in [-0.2, 0) is 32.5 Å². The minimum atomic E-state index is -3.67. The number of hydrogen-bond donors (Lipinski definition) is 0. The summed E-state index contributed by atoms with van der Waals surface area (Å²) >= 11 is 0. The van der Waals surface area contributed by atoms with Gasteiger partial charge in [0.25, 0.3) is 0 Å². The first-order valence-electron chi connectivity index (χ1n) is 9.46. The lowest BCUT2D eigenvalue weighted by atomic mass is 9.91. The van der Waals surface area contributed by atoms with Gasteiger partial charge in [0, 0.05) is 18.5 Å². The van der Waals surface area contributed by atoms with Crippen molar-refractivity contribution in [3.8, 4) is 0 Å². The van der Waals surface area contributed by atoms with E-state index in [0.29, 0.717) is 19.5 Å². The Labute approximate surface area is 171 Å². The maximum Gasteiger partial charge on any atom is 0.338 e. The van der Waals surface area contributed by atoms with E-state index in [9.17, 15) is 18.0 Å². The highest BCUT2D eigenvalue weighted by atomic mass is 32.2. The molecule has 0 aliphatic carbocycles. The van der Waals surface area contributed by atoms with Crippen LogP contribution in [0.15, 0.2) is 53.4 Å². The van der Waals surface area contributed by atoms with E-state index in [0.717, 1.165) is 5.56 Å². The van der Waals surface area contributed by atoms with Crippen molar-refractivity contribution in [1.29, 1.82) is 0 Å². The lowest BCUT2D eigenvalue weighted by Crippen LogP contribution is -2.35. The first-order valence-corrected chi connectivity index (χ1v) is 10.9. The van der Waals surface area contributed by atoms with Crippen LogP contribution in [0.1, 0.15) is 42.3 Å². The summed E-state index contributed by atoms with van der Waals surface area (Å²) < 4.78 is 32.4. The fraction of sp³-hybridized carbons (Fsp3) is 0.364. The summed E-state index contributed by atoms with van der Waals surface area (Å²) in [7, 11) is -3.67. The molecule has 0 bridgehead atoms. The molecule has 1 heterocycles. The number of nitrogens with zero attached hydrogens (tertiary/aromatic N) is 1. The van der Waals surface area contributed by atoms with Gasteiger partial charge in [-0.2, -0.15) is 4.31 Å². The first-order chi connectivity index (χ1) is 13.6. The summed E-state index contributed by atoms with van der Waals surface area (Å²) in [6.45, 7) is 5.69. The summed E-state index contributed by atoms with van der Waals surface area (Å²) in [6, 6.07) is 13.4. The topological polar surface area (TPSA) is 80.8 Å². The number of rotatable bonds is 5. The molecule has 7 heteroatoms. The molecule has 1 aliphatic rings. The van der Waals surface area contributed by atoms with E-state index in [1.807, 2.05) is 24.3 Å². The van der Waals surface area contributed by atoms with E-state index < -0.39 is 21.4 Å². The van der Waals surface area contributed by atoms with Crippen LogP contribution in [0.4, 0.5) is 0 Å². The highest BCUT2D eigenvalue weighted by Gasteiger charge is 2.28. The predicted octanol–water partition coefficient (Wildman–Crippen LogP) is 3.21. The number of carbonyl (C=O) groups excluding carboxylic acids is 2. The highest BCUT2D eigenvalue weighted by molar-refractivity contribution is 7.89. The molecule has 154 valence electrons. The lowest BCUT2D eigenvalue weighted by molar-refractivity contribution is -0.129. The number of esters is 1. The van der Waals surface area contributed by atoms with E-state index in [-0.39, 0.29) is 22.8 Å². The van der Waals surface area contributed by atoms with Crippen LogP contribution in [0.25, 0.3) is 0 Å². The molecule has 0 amide bonds. The third-order valence-corrected chi connectivity index (χ3v) is 6.85. The van der Waals surface area contributed by atoms with Gasteiger partial charge in [0.05, 0.1) is 10.5 Å². The number of benzene rings is 2. The van der Waals surface area contributed by atoms with E-state index in [2.05, 4.69) is 0 Å². The van der Waals surface area contributed by atoms with Gasteiger partial charge in [0.2, 0.25) is 10.0 Å². The number of ether oxygens (including phenoxy) is 1. The molecule has 0 N–H and O–H groups in total. The Kier molecular flexibility index (Phi) is 5.91. The molecule has 0 aromatic heterocycles. The van der Waals surface area contributed by atoms with Crippen molar-refractivity contribution in [3.05, 3.63) is 65.2 Å². The molecule has 3 rings (SSSR count). The molecule has 6 nitrogen and oxygen atoms in total. The number of Topliss-reactive ketones (excluding diaryl/α,β-unsaturated/α-hetero) is 1. The third-order valence-electron chi connectivity index (χ3n) is 4.99. The Balaban J connectivity index is 1.69. The molecule has 0 fully saturated rings. The van der Waals surface area contributed by atoms with Crippen LogP contribution in [0.2, 0.25) is 0 Å². The van der Waals surface area contributed by atoms with Gasteiger partial charge in [-0.05, 0) is 41.8 Å².